The van der Waals surface area contributed by atoms with Crippen LogP contribution in [0.5, 0.6) is 0 Å². The quantitative estimate of drug-likeness (QED) is 0.166. The van der Waals surface area contributed by atoms with Crippen LogP contribution >= 0.6 is 43.6 Å². The van der Waals surface area contributed by atoms with Crippen molar-refractivity contribution in [2.24, 2.45) is 17.8 Å². The summed E-state index contributed by atoms with van der Waals surface area (Å²) in [6, 6.07) is 5.49. The highest BCUT2D eigenvalue weighted by Gasteiger charge is 2.80. The van der Waals surface area contributed by atoms with Gasteiger partial charge in [-0.2, -0.15) is 15.8 Å². The van der Waals surface area contributed by atoms with Crippen LogP contribution in [0.2, 0.25) is 0 Å². The Morgan fingerprint density at radius 1 is 0.585 bits per heavy atom. The Hall–Kier alpha value is -1.33. The lowest BCUT2D eigenvalue weighted by atomic mass is 9.90. The highest BCUT2D eigenvalue weighted by atomic mass is 35.5. The molecule has 13 atom stereocenters. The van der Waals surface area contributed by atoms with Crippen LogP contribution in [0.3, 0.4) is 0 Å². The number of hydrogen-bond acceptors (Lipinski definition) is 6. The molecule has 6 bridgehead atoms. The van der Waals surface area contributed by atoms with Crippen LogP contribution in [0.25, 0.3) is 0 Å². The molecule has 6 heterocycles. The van der Waals surface area contributed by atoms with Crippen molar-refractivity contribution in [3.8, 4) is 18.2 Å². The molecule has 5 fully saturated rings. The van der Waals surface area contributed by atoms with Crippen molar-refractivity contribution >= 4 is 43.6 Å². The van der Waals surface area contributed by atoms with Crippen molar-refractivity contribution in [2.45, 2.75) is 77.1 Å². The normalized spacial score (nSPS) is 46.8. The molecule has 0 aliphatic carbocycles. The van der Waals surface area contributed by atoms with E-state index in [-0.39, 0.29) is 31.0 Å². The Labute approximate surface area is 237 Å². The van der Waals surface area contributed by atoms with Gasteiger partial charge in [0, 0.05) is 0 Å². The molecule has 13 unspecified atom stereocenters. The highest BCUT2D eigenvalue weighted by Crippen LogP contribution is 3.03. The van der Waals surface area contributed by atoms with E-state index in [0.29, 0.717) is 0 Å². The van der Waals surface area contributed by atoms with E-state index in [4.69, 9.17) is 53.2 Å². The maximum atomic E-state index is 12.7. The minimum Gasteiger partial charge on any atom is -0.370 e. The van der Waals surface area contributed by atoms with Crippen LogP contribution in [0, 0.1) is 51.7 Å². The number of nitriles is 3. The number of hydrogen-bond donors (Lipinski definition) is 0. The predicted octanol–water partition coefficient (Wildman–Crippen LogP) is 8.00. The molecule has 6 nitrogen and oxygen atoms in total. The summed E-state index contributed by atoms with van der Waals surface area (Å²) in [7, 11) is -19.4. The van der Waals surface area contributed by atoms with Crippen LogP contribution in [0.15, 0.2) is 12.2 Å². The fraction of sp³-hybridized carbons (Fsp3) is 0.762. The molecule has 234 valence electrons. The van der Waals surface area contributed by atoms with Crippen molar-refractivity contribution in [3.05, 3.63) is 12.2 Å². The first-order valence-electron chi connectivity index (χ1n) is 11.9. The summed E-state index contributed by atoms with van der Waals surface area (Å²) >= 11 is 10.7. The van der Waals surface area contributed by atoms with Gasteiger partial charge in [-0.3, -0.25) is 0 Å². The molecule has 6 aliphatic heterocycles. The van der Waals surface area contributed by atoms with Crippen LogP contribution < -0.4 is 0 Å². The minimum absolute atomic E-state index is 0.0142. The predicted molar refractivity (Wildman–Crippen MR) is 129 cm³/mol. The standard InChI is InChI=1S/2C7H7ClF5NOS.C7H7NO/c8-5-6-3(2-14)1-4(15-6)7(5)16(9,10,11,12)13;8-5-4-1-3(2-14)6(15-4)7(5)16(9,10,11,12)13;8-4-5-3-6-1-2-7(5)9-6/h2*3-7H,1H2;1-2,5-7H,3H2. The van der Waals surface area contributed by atoms with Crippen molar-refractivity contribution in [2.75, 3.05) is 0 Å². The molecule has 6 rings (SSSR count). The molecular formula is C21H21Cl2F10N3O3S2. The lowest BCUT2D eigenvalue weighted by Crippen LogP contribution is -2.45. The van der Waals surface area contributed by atoms with Crippen molar-refractivity contribution < 1.29 is 53.1 Å². The van der Waals surface area contributed by atoms with E-state index in [1.165, 1.54) is 0 Å². The number of alkyl halides is 2. The summed E-state index contributed by atoms with van der Waals surface area (Å²) < 4.78 is 141. The first kappa shape index (κ1) is 32.6. The van der Waals surface area contributed by atoms with Gasteiger partial charge in [0.25, 0.3) is 20.4 Å². The van der Waals surface area contributed by atoms with Crippen molar-refractivity contribution in [3.63, 3.8) is 0 Å². The molecule has 5 saturated heterocycles. The number of fused-ring (bicyclic) bond motifs is 6. The number of nitrogens with zero attached hydrogens (tertiary/aromatic N) is 3. The van der Waals surface area contributed by atoms with E-state index >= 15 is 0 Å². The third-order valence-corrected chi connectivity index (χ3v) is 12.3. The molecule has 0 aromatic heterocycles. The molecule has 0 radical (unpaired) electrons. The summed E-state index contributed by atoms with van der Waals surface area (Å²) in [5, 5.41) is 16.0. The number of ether oxygens (including phenoxy) is 3. The molecule has 0 spiro atoms. The fourth-order valence-corrected chi connectivity index (χ4v) is 10.7. The molecule has 0 aromatic carbocycles. The van der Waals surface area contributed by atoms with Gasteiger partial charge in [-0.05, 0) is 19.3 Å². The average Bonchev–Trinajstić information content (AvgIpc) is 3.63. The first-order valence-corrected chi connectivity index (χ1v) is 16.8. The molecule has 0 amide bonds. The van der Waals surface area contributed by atoms with E-state index in [9.17, 15) is 38.9 Å². The number of halogens is 12. The third-order valence-electron chi connectivity index (χ3n) is 7.67. The second-order valence-electron chi connectivity index (χ2n) is 10.6. The molecule has 6 aliphatic rings. The zero-order valence-electron chi connectivity index (χ0n) is 20.2. The largest absolute Gasteiger partial charge is 0.370 e. The molecule has 41 heavy (non-hydrogen) atoms. The van der Waals surface area contributed by atoms with Crippen LogP contribution in [0.1, 0.15) is 19.3 Å². The van der Waals surface area contributed by atoms with Gasteiger partial charge in [0.15, 0.2) is 0 Å². The zero-order chi connectivity index (χ0) is 31.1. The van der Waals surface area contributed by atoms with Crippen molar-refractivity contribution in [1.29, 1.82) is 15.8 Å². The topological polar surface area (TPSA) is 99.1 Å². The van der Waals surface area contributed by atoms with E-state index in [1.807, 2.05) is 12.2 Å². The maximum Gasteiger partial charge on any atom is 0.292 e. The van der Waals surface area contributed by atoms with Gasteiger partial charge in [-0.15, -0.1) is 23.2 Å². The number of rotatable bonds is 2. The van der Waals surface area contributed by atoms with E-state index < -0.39 is 78.0 Å². The van der Waals surface area contributed by atoms with Crippen LogP contribution in [-0.2, 0) is 14.2 Å². The monoisotopic (exact) mass is 687 g/mol. The molecular weight excluding hydrogens is 667 g/mol. The Morgan fingerprint density at radius 2 is 1.07 bits per heavy atom. The third kappa shape index (κ3) is 6.47. The highest BCUT2D eigenvalue weighted by molar-refractivity contribution is 8.46. The Kier molecular flexibility index (Phi) is 7.05. The zero-order valence-corrected chi connectivity index (χ0v) is 23.3. The van der Waals surface area contributed by atoms with E-state index in [2.05, 4.69) is 6.07 Å². The van der Waals surface area contributed by atoms with Gasteiger partial charge in [0.1, 0.15) is 10.5 Å². The summed E-state index contributed by atoms with van der Waals surface area (Å²) in [6.45, 7) is 0. The van der Waals surface area contributed by atoms with Crippen LogP contribution in [-0.4, -0.2) is 57.9 Å². The molecule has 0 aromatic rings. The van der Waals surface area contributed by atoms with Gasteiger partial charge < -0.3 is 14.2 Å². The summed E-state index contributed by atoms with van der Waals surface area (Å²) in [6.07, 6.45) is -0.920. The second kappa shape index (κ2) is 8.87. The second-order valence-corrected chi connectivity index (χ2v) is 16.8. The summed E-state index contributed by atoms with van der Waals surface area (Å²) in [5.41, 5.74) is 0. The Bertz CT molecular complexity index is 1250. The van der Waals surface area contributed by atoms with Gasteiger partial charge in [0.2, 0.25) is 0 Å². The van der Waals surface area contributed by atoms with Gasteiger partial charge in [-0.1, -0.05) is 51.0 Å². The van der Waals surface area contributed by atoms with E-state index in [0.717, 1.165) is 6.42 Å². The smallest absolute Gasteiger partial charge is 0.292 e. The van der Waals surface area contributed by atoms with Gasteiger partial charge in [-0.25, -0.2) is 0 Å². The first-order chi connectivity index (χ1) is 18.3. The molecule has 20 heteroatoms. The minimum atomic E-state index is -9.72. The van der Waals surface area contributed by atoms with Gasteiger partial charge in [0.05, 0.1) is 83.3 Å². The Morgan fingerprint density at radius 3 is 1.44 bits per heavy atom. The van der Waals surface area contributed by atoms with E-state index in [1.54, 1.807) is 12.1 Å². The SMILES string of the molecule is N#CC1CC2C=CC1O2.N#CC1CC2OC1C(Cl)C2S(F)(F)(F)(F)F.N#CC1CC2OC1C(S(F)(F)(F)(F)F)C2Cl. The van der Waals surface area contributed by atoms with Crippen molar-refractivity contribution in [1.82, 2.24) is 0 Å². The molecule has 0 saturated carbocycles. The summed E-state index contributed by atoms with van der Waals surface area (Å²) in [4.78, 5) is 0. The fourth-order valence-electron chi connectivity index (χ4n) is 5.96. The lowest BCUT2D eigenvalue weighted by molar-refractivity contribution is 0.0962. The maximum absolute atomic E-state index is 12.7. The lowest BCUT2D eigenvalue weighted by Gasteiger charge is -2.49. The van der Waals surface area contributed by atoms with Crippen LogP contribution in [0.4, 0.5) is 38.9 Å². The summed E-state index contributed by atoms with van der Waals surface area (Å²) in [5.74, 6) is -1.86. The average molecular weight is 688 g/mol. The molecule has 0 N–H and O–H groups in total. The Balaban J connectivity index is 0.000000147. The van der Waals surface area contributed by atoms with Gasteiger partial charge >= 0.3 is 0 Å².